The molecule has 164 valence electrons. The third-order valence-corrected chi connectivity index (χ3v) is 4.27. The average molecular weight is 437 g/mol. The zero-order chi connectivity index (χ0) is 23.1. The average Bonchev–Trinajstić information content (AvgIpc) is 3.26. The molecule has 3 aromatic rings. The van der Waals surface area contributed by atoms with E-state index in [2.05, 4.69) is 15.6 Å². The number of methoxy groups -OCH3 is 1. The Labute approximate surface area is 182 Å². The molecule has 0 unspecified atom stereocenters. The van der Waals surface area contributed by atoms with Gasteiger partial charge in [0.15, 0.2) is 0 Å². The molecule has 0 saturated carbocycles. The number of nitrogens with zero attached hydrogens (tertiary/aromatic N) is 4. The fraction of sp³-hybridized carbons (Fsp3) is 0.143. The standard InChI is InChI=1S/C21H19N5O6/c1-14(23-24-20(27)13-25-12-16(11-22-25)26(29)30)18-8-3-4-9-19(18)32-21(28)15-6-5-7-17(10-15)31-2/h3-12H,13H2,1-2H3,(H,24,27)/b23-14+. The first-order chi connectivity index (χ1) is 15.4. The smallest absolute Gasteiger partial charge is 0.343 e. The molecule has 1 N–H and O–H groups in total. The van der Waals surface area contributed by atoms with Gasteiger partial charge in [0, 0.05) is 5.56 Å². The van der Waals surface area contributed by atoms with E-state index >= 15 is 0 Å². The van der Waals surface area contributed by atoms with Crippen molar-refractivity contribution in [2.45, 2.75) is 13.5 Å². The van der Waals surface area contributed by atoms with Crippen molar-refractivity contribution in [2.24, 2.45) is 5.10 Å². The fourth-order valence-electron chi connectivity index (χ4n) is 2.69. The molecule has 11 heteroatoms. The minimum Gasteiger partial charge on any atom is -0.497 e. The molecule has 1 heterocycles. The van der Waals surface area contributed by atoms with Crippen molar-refractivity contribution in [2.75, 3.05) is 7.11 Å². The number of carbonyl (C=O) groups is 2. The zero-order valence-electron chi connectivity index (χ0n) is 17.2. The van der Waals surface area contributed by atoms with Gasteiger partial charge in [-0.2, -0.15) is 10.2 Å². The van der Waals surface area contributed by atoms with E-state index in [1.807, 2.05) is 0 Å². The Kier molecular flexibility index (Phi) is 6.91. The van der Waals surface area contributed by atoms with Gasteiger partial charge >= 0.3 is 11.7 Å². The maximum atomic E-state index is 12.5. The summed E-state index contributed by atoms with van der Waals surface area (Å²) in [5.74, 6) is -0.323. The number of carbonyl (C=O) groups excluding carboxylic acids is 2. The van der Waals surface area contributed by atoms with Gasteiger partial charge in [-0.15, -0.1) is 0 Å². The van der Waals surface area contributed by atoms with Crippen LogP contribution in [0.4, 0.5) is 5.69 Å². The van der Waals surface area contributed by atoms with Gasteiger partial charge in [-0.3, -0.25) is 19.6 Å². The van der Waals surface area contributed by atoms with Crippen LogP contribution in [0.5, 0.6) is 11.5 Å². The molecule has 0 fully saturated rings. The van der Waals surface area contributed by atoms with Crippen molar-refractivity contribution in [1.82, 2.24) is 15.2 Å². The quantitative estimate of drug-likeness (QED) is 0.188. The number of hydrazone groups is 1. The van der Waals surface area contributed by atoms with Crippen LogP contribution in [0.2, 0.25) is 0 Å². The van der Waals surface area contributed by atoms with Gasteiger partial charge < -0.3 is 9.47 Å². The molecule has 0 atom stereocenters. The zero-order valence-corrected chi connectivity index (χ0v) is 17.2. The van der Waals surface area contributed by atoms with E-state index in [1.54, 1.807) is 55.5 Å². The monoisotopic (exact) mass is 437 g/mol. The lowest BCUT2D eigenvalue weighted by Gasteiger charge is -2.10. The van der Waals surface area contributed by atoms with E-state index in [0.717, 1.165) is 17.1 Å². The summed E-state index contributed by atoms with van der Waals surface area (Å²) in [7, 11) is 1.50. The molecule has 0 aliphatic carbocycles. The number of ether oxygens (including phenoxy) is 2. The second kappa shape index (κ2) is 9.98. The second-order valence-corrected chi connectivity index (χ2v) is 6.50. The Morgan fingerprint density at radius 1 is 1.22 bits per heavy atom. The molecule has 0 saturated heterocycles. The first kappa shape index (κ1) is 22.2. The van der Waals surface area contributed by atoms with Crippen molar-refractivity contribution in [1.29, 1.82) is 0 Å². The number of hydrogen-bond donors (Lipinski definition) is 1. The number of nitrogens with one attached hydrogen (secondary N) is 1. The Hall–Kier alpha value is -4.54. The summed E-state index contributed by atoms with van der Waals surface area (Å²) >= 11 is 0. The number of benzene rings is 2. The number of esters is 1. The Bertz CT molecular complexity index is 1190. The third kappa shape index (κ3) is 5.53. The van der Waals surface area contributed by atoms with Gasteiger partial charge in [0.2, 0.25) is 0 Å². The highest BCUT2D eigenvalue weighted by Crippen LogP contribution is 2.21. The van der Waals surface area contributed by atoms with Crippen molar-refractivity contribution in [3.63, 3.8) is 0 Å². The summed E-state index contributed by atoms with van der Waals surface area (Å²) < 4.78 is 11.8. The maximum Gasteiger partial charge on any atom is 0.343 e. The van der Waals surface area contributed by atoms with Gasteiger partial charge in [-0.05, 0) is 37.3 Å². The lowest BCUT2D eigenvalue weighted by molar-refractivity contribution is -0.385. The van der Waals surface area contributed by atoms with E-state index < -0.39 is 16.8 Å². The predicted octanol–water partition coefficient (Wildman–Crippen LogP) is 2.56. The van der Waals surface area contributed by atoms with Crippen LogP contribution in [-0.4, -0.2) is 39.4 Å². The highest BCUT2D eigenvalue weighted by molar-refractivity contribution is 6.02. The number of para-hydroxylation sites is 1. The Balaban J connectivity index is 1.69. The molecular formula is C21H19N5O6. The number of amides is 1. The van der Waals surface area contributed by atoms with Crippen LogP contribution >= 0.6 is 0 Å². The second-order valence-electron chi connectivity index (χ2n) is 6.50. The summed E-state index contributed by atoms with van der Waals surface area (Å²) in [5, 5.41) is 18.5. The van der Waals surface area contributed by atoms with Gasteiger partial charge in [0.25, 0.3) is 5.91 Å². The summed E-state index contributed by atoms with van der Waals surface area (Å²) in [5.41, 5.74) is 3.34. The van der Waals surface area contributed by atoms with Gasteiger partial charge in [0.05, 0.1) is 23.3 Å². The van der Waals surface area contributed by atoms with Crippen LogP contribution in [0.1, 0.15) is 22.8 Å². The molecule has 0 spiro atoms. The van der Waals surface area contributed by atoms with Crippen LogP contribution in [0.15, 0.2) is 66.0 Å². The summed E-state index contributed by atoms with van der Waals surface area (Å²) in [6.07, 6.45) is 2.19. The Morgan fingerprint density at radius 2 is 2.00 bits per heavy atom. The normalized spacial score (nSPS) is 11.0. The number of rotatable bonds is 8. The van der Waals surface area contributed by atoms with Crippen molar-refractivity contribution < 1.29 is 24.0 Å². The Morgan fingerprint density at radius 3 is 2.72 bits per heavy atom. The lowest BCUT2D eigenvalue weighted by Crippen LogP contribution is -2.24. The molecule has 0 aliphatic rings. The van der Waals surface area contributed by atoms with Crippen LogP contribution in [0.3, 0.4) is 0 Å². The van der Waals surface area contributed by atoms with E-state index in [1.165, 1.54) is 7.11 Å². The van der Waals surface area contributed by atoms with Crippen LogP contribution in [-0.2, 0) is 11.3 Å². The van der Waals surface area contributed by atoms with Gasteiger partial charge in [0.1, 0.15) is 30.4 Å². The highest BCUT2D eigenvalue weighted by atomic mass is 16.6. The number of nitro groups is 1. The molecule has 32 heavy (non-hydrogen) atoms. The van der Waals surface area contributed by atoms with E-state index in [-0.39, 0.29) is 18.0 Å². The van der Waals surface area contributed by atoms with Gasteiger partial charge in [-0.25, -0.2) is 10.2 Å². The molecule has 0 bridgehead atoms. The summed E-state index contributed by atoms with van der Waals surface area (Å²) in [6, 6.07) is 13.3. The van der Waals surface area contributed by atoms with E-state index in [0.29, 0.717) is 22.6 Å². The molecule has 2 aromatic carbocycles. The number of hydrogen-bond acceptors (Lipinski definition) is 8. The maximum absolute atomic E-state index is 12.5. The molecule has 11 nitrogen and oxygen atoms in total. The molecule has 3 rings (SSSR count). The van der Waals surface area contributed by atoms with E-state index in [4.69, 9.17) is 9.47 Å². The topological polar surface area (TPSA) is 138 Å². The largest absolute Gasteiger partial charge is 0.497 e. The molecular weight excluding hydrogens is 418 g/mol. The van der Waals surface area contributed by atoms with Crippen LogP contribution < -0.4 is 14.9 Å². The fourth-order valence-corrected chi connectivity index (χ4v) is 2.69. The van der Waals surface area contributed by atoms with Crippen molar-refractivity contribution in [3.8, 4) is 11.5 Å². The highest BCUT2D eigenvalue weighted by Gasteiger charge is 2.15. The minimum absolute atomic E-state index is 0.218. The van der Waals surface area contributed by atoms with Crippen LogP contribution in [0, 0.1) is 10.1 Å². The predicted molar refractivity (Wildman–Crippen MR) is 114 cm³/mol. The SMILES string of the molecule is COc1cccc(C(=O)Oc2ccccc2/C(C)=N/NC(=O)Cn2cc([N+](=O)[O-])cn2)c1. The first-order valence-electron chi connectivity index (χ1n) is 9.33. The number of aromatic nitrogens is 2. The molecule has 0 aliphatic heterocycles. The van der Waals surface area contributed by atoms with Crippen molar-refractivity contribution >= 4 is 23.3 Å². The molecule has 0 radical (unpaired) electrons. The van der Waals surface area contributed by atoms with Crippen LogP contribution in [0.25, 0.3) is 0 Å². The lowest BCUT2D eigenvalue weighted by atomic mass is 10.1. The minimum atomic E-state index is -0.604. The van der Waals surface area contributed by atoms with Gasteiger partial charge in [-0.1, -0.05) is 18.2 Å². The van der Waals surface area contributed by atoms with E-state index in [9.17, 15) is 19.7 Å². The summed E-state index contributed by atoms with van der Waals surface area (Å²) in [4.78, 5) is 34.7. The first-order valence-corrected chi connectivity index (χ1v) is 9.33. The van der Waals surface area contributed by atoms with Crippen molar-refractivity contribution in [3.05, 3.63) is 82.2 Å². The molecule has 1 amide bonds. The molecule has 1 aromatic heterocycles. The third-order valence-electron chi connectivity index (χ3n) is 4.27. The summed E-state index contributed by atoms with van der Waals surface area (Å²) in [6.45, 7) is 1.38.